The lowest BCUT2D eigenvalue weighted by molar-refractivity contribution is 0.106. The SMILES string of the molecule is O=C(Cl)c1cnc(C(=O)Cl)cn1. The minimum Gasteiger partial charge on any atom is -0.274 e. The van der Waals surface area contributed by atoms with Crippen molar-refractivity contribution in [2.24, 2.45) is 0 Å². The van der Waals surface area contributed by atoms with E-state index in [9.17, 15) is 9.59 Å². The van der Waals surface area contributed by atoms with E-state index < -0.39 is 10.5 Å². The number of aromatic nitrogens is 2. The summed E-state index contributed by atoms with van der Waals surface area (Å²) in [7, 11) is 0. The predicted octanol–water partition coefficient (Wildman–Crippen LogP) is 1.23. The highest BCUT2D eigenvalue weighted by molar-refractivity contribution is 6.68. The van der Waals surface area contributed by atoms with Crippen LogP contribution in [0.15, 0.2) is 12.4 Å². The molecule has 12 heavy (non-hydrogen) atoms. The van der Waals surface area contributed by atoms with Crippen LogP contribution < -0.4 is 0 Å². The van der Waals surface area contributed by atoms with Gasteiger partial charge in [0.2, 0.25) is 0 Å². The second kappa shape index (κ2) is 3.60. The third kappa shape index (κ3) is 1.99. The quantitative estimate of drug-likeness (QED) is 0.681. The van der Waals surface area contributed by atoms with Gasteiger partial charge in [-0.05, 0) is 23.2 Å². The van der Waals surface area contributed by atoms with Gasteiger partial charge in [-0.2, -0.15) is 0 Å². The predicted molar refractivity (Wildman–Crippen MR) is 42.4 cm³/mol. The Balaban J connectivity index is 3.01. The normalized spacial score (nSPS) is 9.50. The van der Waals surface area contributed by atoms with Gasteiger partial charge in [0.15, 0.2) is 0 Å². The van der Waals surface area contributed by atoms with E-state index in [1.807, 2.05) is 0 Å². The number of carbonyl (C=O) groups is 2. The van der Waals surface area contributed by atoms with Crippen LogP contribution in [0, 0.1) is 0 Å². The van der Waals surface area contributed by atoms with Gasteiger partial charge in [-0.15, -0.1) is 0 Å². The molecule has 0 saturated carbocycles. The second-order valence-corrected chi connectivity index (χ2v) is 2.52. The molecule has 1 aromatic heterocycles. The fraction of sp³-hybridized carbons (Fsp3) is 0. The van der Waals surface area contributed by atoms with Gasteiger partial charge in [0, 0.05) is 0 Å². The molecule has 0 aliphatic carbocycles. The van der Waals surface area contributed by atoms with Gasteiger partial charge in [0.25, 0.3) is 10.5 Å². The molecule has 0 amide bonds. The molecule has 0 unspecified atom stereocenters. The summed E-state index contributed by atoms with van der Waals surface area (Å²) in [6.07, 6.45) is 2.18. The first-order valence-electron chi connectivity index (χ1n) is 2.83. The highest BCUT2D eigenvalue weighted by atomic mass is 35.5. The highest BCUT2D eigenvalue weighted by Crippen LogP contribution is 2.01. The van der Waals surface area contributed by atoms with Gasteiger partial charge in [0.05, 0.1) is 12.4 Å². The Morgan fingerprint density at radius 1 is 1.00 bits per heavy atom. The number of rotatable bonds is 2. The zero-order chi connectivity index (χ0) is 9.14. The maximum Gasteiger partial charge on any atom is 0.272 e. The molecule has 0 N–H and O–H groups in total. The molecular formula is C6H2Cl2N2O2. The van der Waals surface area contributed by atoms with Crippen molar-refractivity contribution in [2.75, 3.05) is 0 Å². The first-order valence-corrected chi connectivity index (χ1v) is 3.58. The van der Waals surface area contributed by atoms with Gasteiger partial charge < -0.3 is 0 Å². The van der Waals surface area contributed by atoms with Crippen molar-refractivity contribution in [3.63, 3.8) is 0 Å². The fourth-order valence-corrected chi connectivity index (χ4v) is 0.726. The average Bonchev–Trinajstić information content (AvgIpc) is 2.04. The first-order chi connectivity index (χ1) is 5.61. The molecule has 62 valence electrons. The third-order valence-electron chi connectivity index (χ3n) is 1.05. The number of hydrogen-bond donors (Lipinski definition) is 0. The Morgan fingerprint density at radius 2 is 1.33 bits per heavy atom. The lowest BCUT2D eigenvalue weighted by Crippen LogP contribution is -2.00. The smallest absolute Gasteiger partial charge is 0.272 e. The average molecular weight is 205 g/mol. The van der Waals surface area contributed by atoms with Crippen LogP contribution >= 0.6 is 23.2 Å². The van der Waals surface area contributed by atoms with Crippen LogP contribution in [-0.4, -0.2) is 20.5 Å². The van der Waals surface area contributed by atoms with Crippen molar-refractivity contribution < 1.29 is 9.59 Å². The van der Waals surface area contributed by atoms with Crippen LogP contribution in [-0.2, 0) is 0 Å². The summed E-state index contributed by atoms with van der Waals surface area (Å²) in [5.41, 5.74) is -0.0309. The van der Waals surface area contributed by atoms with Crippen molar-refractivity contribution in [3.8, 4) is 0 Å². The van der Waals surface area contributed by atoms with Crippen molar-refractivity contribution in [3.05, 3.63) is 23.8 Å². The summed E-state index contributed by atoms with van der Waals surface area (Å²) in [5, 5.41) is -1.45. The van der Waals surface area contributed by atoms with Gasteiger partial charge in [-0.1, -0.05) is 0 Å². The standard InChI is InChI=1S/C6H2Cl2N2O2/c7-5(11)3-1-9-4(2-10-3)6(8)12/h1-2H. The number of nitrogens with zero attached hydrogens (tertiary/aromatic N) is 2. The zero-order valence-corrected chi connectivity index (χ0v) is 7.13. The second-order valence-electron chi connectivity index (χ2n) is 1.83. The molecule has 0 fully saturated rings. The molecule has 4 nitrogen and oxygen atoms in total. The van der Waals surface area contributed by atoms with E-state index >= 15 is 0 Å². The van der Waals surface area contributed by atoms with E-state index in [0.717, 1.165) is 12.4 Å². The molecule has 0 spiro atoms. The third-order valence-corrected chi connectivity index (χ3v) is 1.44. The van der Waals surface area contributed by atoms with Gasteiger partial charge in [-0.25, -0.2) is 9.97 Å². The first kappa shape index (κ1) is 9.09. The lowest BCUT2D eigenvalue weighted by Gasteiger charge is -1.92. The molecule has 0 aromatic carbocycles. The largest absolute Gasteiger partial charge is 0.274 e. The van der Waals surface area contributed by atoms with E-state index in [-0.39, 0.29) is 11.4 Å². The molecule has 0 atom stereocenters. The van der Waals surface area contributed by atoms with E-state index in [4.69, 9.17) is 23.2 Å². The Labute approximate surface area is 77.5 Å². The molecule has 0 bridgehead atoms. The van der Waals surface area contributed by atoms with Gasteiger partial charge in [-0.3, -0.25) is 9.59 Å². The Morgan fingerprint density at radius 3 is 1.50 bits per heavy atom. The fourth-order valence-electron chi connectivity index (χ4n) is 0.531. The summed E-state index contributed by atoms with van der Waals surface area (Å²) in [6.45, 7) is 0. The molecule has 0 aliphatic rings. The van der Waals surface area contributed by atoms with Crippen LogP contribution in [0.4, 0.5) is 0 Å². The number of halogens is 2. The van der Waals surface area contributed by atoms with E-state index in [1.165, 1.54) is 0 Å². The van der Waals surface area contributed by atoms with Crippen molar-refractivity contribution in [2.45, 2.75) is 0 Å². The van der Waals surface area contributed by atoms with Crippen LogP contribution in [0.2, 0.25) is 0 Å². The topological polar surface area (TPSA) is 59.9 Å². The monoisotopic (exact) mass is 204 g/mol. The molecule has 1 aromatic rings. The summed E-state index contributed by atoms with van der Waals surface area (Å²) in [5.74, 6) is 0. The van der Waals surface area contributed by atoms with Crippen molar-refractivity contribution in [1.29, 1.82) is 0 Å². The van der Waals surface area contributed by atoms with Crippen LogP contribution in [0.1, 0.15) is 21.0 Å². The van der Waals surface area contributed by atoms with Gasteiger partial charge >= 0.3 is 0 Å². The summed E-state index contributed by atoms with van der Waals surface area (Å²) >= 11 is 10.2. The Hall–Kier alpha value is -1.00. The van der Waals surface area contributed by atoms with Gasteiger partial charge in [0.1, 0.15) is 11.4 Å². The van der Waals surface area contributed by atoms with Crippen LogP contribution in [0.3, 0.4) is 0 Å². The zero-order valence-electron chi connectivity index (χ0n) is 5.62. The van der Waals surface area contributed by atoms with E-state index in [2.05, 4.69) is 9.97 Å². The molecule has 0 saturated heterocycles. The molecule has 1 rings (SSSR count). The number of hydrogen-bond acceptors (Lipinski definition) is 4. The van der Waals surface area contributed by atoms with Crippen LogP contribution in [0.25, 0.3) is 0 Å². The van der Waals surface area contributed by atoms with E-state index in [1.54, 1.807) is 0 Å². The summed E-state index contributed by atoms with van der Waals surface area (Å²) in [4.78, 5) is 28.0. The maximum absolute atomic E-state index is 10.5. The minimum absolute atomic E-state index is 0.0154. The van der Waals surface area contributed by atoms with Crippen LogP contribution in [0.5, 0.6) is 0 Å². The Bertz CT molecular complexity index is 290. The summed E-state index contributed by atoms with van der Waals surface area (Å²) in [6, 6.07) is 0. The molecule has 0 aliphatic heterocycles. The van der Waals surface area contributed by atoms with E-state index in [0.29, 0.717) is 0 Å². The highest BCUT2D eigenvalue weighted by Gasteiger charge is 2.07. The molecular weight excluding hydrogens is 203 g/mol. The lowest BCUT2D eigenvalue weighted by atomic mass is 10.4. The maximum atomic E-state index is 10.5. The summed E-state index contributed by atoms with van der Waals surface area (Å²) < 4.78 is 0. The molecule has 6 heteroatoms. The molecule has 1 heterocycles. The minimum atomic E-state index is -0.726. The van der Waals surface area contributed by atoms with Crippen molar-refractivity contribution in [1.82, 2.24) is 9.97 Å². The number of carbonyl (C=O) groups excluding carboxylic acids is 2. The molecule has 0 radical (unpaired) electrons. The Kier molecular flexibility index (Phi) is 2.73. The van der Waals surface area contributed by atoms with Crippen molar-refractivity contribution >= 4 is 33.7 Å².